The summed E-state index contributed by atoms with van der Waals surface area (Å²) >= 11 is 0. The molecule has 0 aromatic heterocycles. The number of methoxy groups -OCH3 is 1. The van der Waals surface area contributed by atoms with Gasteiger partial charge in [0.25, 0.3) is 5.91 Å². The summed E-state index contributed by atoms with van der Waals surface area (Å²) in [6.07, 6.45) is 0.451. The molecule has 0 aliphatic carbocycles. The molecule has 0 bridgehead atoms. The van der Waals surface area contributed by atoms with Crippen LogP contribution in [0, 0.1) is 0 Å². The fourth-order valence-electron chi connectivity index (χ4n) is 2.33. The highest BCUT2D eigenvalue weighted by Gasteiger charge is 2.42. The molecular formula is C17H23NO6. The van der Waals surface area contributed by atoms with Gasteiger partial charge in [0.15, 0.2) is 5.60 Å². The molecule has 2 rings (SSSR count). The Balaban J connectivity index is 2.19. The van der Waals surface area contributed by atoms with Gasteiger partial charge in [-0.1, -0.05) is 0 Å². The van der Waals surface area contributed by atoms with Gasteiger partial charge in [-0.2, -0.15) is 0 Å². The summed E-state index contributed by atoms with van der Waals surface area (Å²) in [5.41, 5.74) is -1.38. The van der Waals surface area contributed by atoms with Gasteiger partial charge in [-0.05, 0) is 39.0 Å². The van der Waals surface area contributed by atoms with Crippen LogP contribution in [0.15, 0.2) is 18.2 Å². The van der Waals surface area contributed by atoms with Crippen LogP contribution in [0.5, 0.6) is 5.75 Å². The van der Waals surface area contributed by atoms with Gasteiger partial charge in [0.2, 0.25) is 0 Å². The number of rotatable bonds is 4. The van der Waals surface area contributed by atoms with Gasteiger partial charge in [-0.3, -0.25) is 4.79 Å². The highest BCUT2D eigenvalue weighted by atomic mass is 16.6. The highest BCUT2D eigenvalue weighted by molar-refractivity contribution is 6.00. The second-order valence-corrected chi connectivity index (χ2v) is 6.69. The number of phenolic OH excluding ortho intramolecular Hbond substituents is 1. The molecule has 1 saturated heterocycles. The predicted molar refractivity (Wildman–Crippen MR) is 87.1 cm³/mol. The molecular weight excluding hydrogens is 314 g/mol. The third-order valence-corrected chi connectivity index (χ3v) is 3.66. The van der Waals surface area contributed by atoms with Crippen molar-refractivity contribution >= 4 is 17.6 Å². The number of carbonyl (C=O) groups is 2. The summed E-state index contributed by atoms with van der Waals surface area (Å²) in [4.78, 5) is 24.6. The van der Waals surface area contributed by atoms with Crippen LogP contribution in [0.3, 0.4) is 0 Å². The largest absolute Gasteiger partial charge is 0.507 e. The Hall–Kier alpha value is -2.12. The molecule has 1 amide bonds. The van der Waals surface area contributed by atoms with Gasteiger partial charge in [-0.25, -0.2) is 4.79 Å². The van der Waals surface area contributed by atoms with Crippen molar-refractivity contribution in [3.05, 3.63) is 23.8 Å². The summed E-state index contributed by atoms with van der Waals surface area (Å²) in [6, 6.07) is 4.21. The number of esters is 1. The van der Waals surface area contributed by atoms with Crippen molar-refractivity contribution in [2.75, 3.05) is 25.6 Å². The lowest BCUT2D eigenvalue weighted by molar-refractivity contribution is -0.137. The molecule has 7 nitrogen and oxygen atoms in total. The maximum Gasteiger partial charge on any atom is 0.342 e. The first-order valence-corrected chi connectivity index (χ1v) is 7.67. The molecule has 1 aliphatic rings. The van der Waals surface area contributed by atoms with E-state index in [2.05, 4.69) is 5.32 Å². The molecule has 1 aromatic rings. The first-order valence-electron chi connectivity index (χ1n) is 7.67. The molecule has 132 valence electrons. The van der Waals surface area contributed by atoms with Crippen molar-refractivity contribution in [2.45, 2.75) is 38.4 Å². The van der Waals surface area contributed by atoms with Crippen LogP contribution in [0.4, 0.5) is 5.69 Å². The van der Waals surface area contributed by atoms with Gasteiger partial charge in [0, 0.05) is 19.2 Å². The second kappa shape index (κ2) is 6.78. The topological polar surface area (TPSA) is 94.1 Å². The average Bonchev–Trinajstić information content (AvgIpc) is 2.97. The zero-order chi connectivity index (χ0) is 18.0. The number of carbonyl (C=O) groups excluding carboxylic acids is 2. The number of hydrogen-bond donors (Lipinski definition) is 2. The lowest BCUT2D eigenvalue weighted by Gasteiger charge is -2.24. The van der Waals surface area contributed by atoms with Crippen molar-refractivity contribution in [3.8, 4) is 5.75 Å². The molecule has 2 N–H and O–H groups in total. The zero-order valence-electron chi connectivity index (χ0n) is 14.3. The van der Waals surface area contributed by atoms with Crippen LogP contribution in [-0.4, -0.2) is 48.5 Å². The molecule has 24 heavy (non-hydrogen) atoms. The van der Waals surface area contributed by atoms with E-state index in [1.165, 1.54) is 25.3 Å². The Labute approximate surface area is 140 Å². The number of amides is 1. The number of anilines is 1. The van der Waals surface area contributed by atoms with Crippen molar-refractivity contribution in [1.82, 2.24) is 0 Å². The van der Waals surface area contributed by atoms with Crippen LogP contribution in [0.1, 0.15) is 37.6 Å². The zero-order valence-corrected chi connectivity index (χ0v) is 14.3. The Kier molecular flexibility index (Phi) is 5.15. The van der Waals surface area contributed by atoms with Gasteiger partial charge in [0.1, 0.15) is 16.9 Å². The van der Waals surface area contributed by atoms with Crippen molar-refractivity contribution in [1.29, 1.82) is 0 Å². The van der Waals surface area contributed by atoms with E-state index in [4.69, 9.17) is 14.2 Å². The van der Waals surface area contributed by atoms with Gasteiger partial charge >= 0.3 is 5.97 Å². The number of nitrogens with one attached hydrogen (secondary N) is 1. The molecule has 1 aliphatic heterocycles. The molecule has 1 heterocycles. The Morgan fingerprint density at radius 2 is 2.04 bits per heavy atom. The minimum absolute atomic E-state index is 0.0168. The SMILES string of the molecule is COC1(C(=O)Nc2ccc(O)c(C(=O)OC(C)(C)C)c2)CCOC1. The fourth-order valence-corrected chi connectivity index (χ4v) is 2.33. The maximum atomic E-state index is 12.5. The molecule has 1 aromatic carbocycles. The summed E-state index contributed by atoms with van der Waals surface area (Å²) in [6.45, 7) is 5.81. The van der Waals surface area contributed by atoms with Crippen molar-refractivity contribution in [3.63, 3.8) is 0 Å². The number of phenols is 1. The fraction of sp³-hybridized carbons (Fsp3) is 0.529. The second-order valence-electron chi connectivity index (χ2n) is 6.69. The summed E-state index contributed by atoms with van der Waals surface area (Å²) in [7, 11) is 1.46. The van der Waals surface area contributed by atoms with E-state index in [9.17, 15) is 14.7 Å². The molecule has 1 unspecified atom stereocenters. The monoisotopic (exact) mass is 337 g/mol. The Bertz CT molecular complexity index is 628. The summed E-state index contributed by atoms with van der Waals surface area (Å²) in [5, 5.41) is 12.6. The van der Waals surface area contributed by atoms with E-state index >= 15 is 0 Å². The van der Waals surface area contributed by atoms with E-state index in [1.807, 2.05) is 0 Å². The van der Waals surface area contributed by atoms with E-state index in [1.54, 1.807) is 20.8 Å². The van der Waals surface area contributed by atoms with Crippen LogP contribution < -0.4 is 5.32 Å². The summed E-state index contributed by atoms with van der Waals surface area (Å²) in [5.74, 6) is -1.24. The number of hydrogen-bond acceptors (Lipinski definition) is 6. The third kappa shape index (κ3) is 4.04. The first kappa shape index (κ1) is 18.2. The van der Waals surface area contributed by atoms with E-state index in [0.29, 0.717) is 18.7 Å². The van der Waals surface area contributed by atoms with Gasteiger partial charge in [0.05, 0.1) is 13.2 Å². The maximum absolute atomic E-state index is 12.5. The third-order valence-electron chi connectivity index (χ3n) is 3.66. The quantitative estimate of drug-likeness (QED) is 0.645. The molecule has 0 radical (unpaired) electrons. The van der Waals surface area contributed by atoms with Crippen molar-refractivity contribution < 1.29 is 28.9 Å². The molecule has 0 saturated carbocycles. The Morgan fingerprint density at radius 3 is 2.58 bits per heavy atom. The van der Waals surface area contributed by atoms with Crippen LogP contribution >= 0.6 is 0 Å². The minimum atomic E-state index is -1.04. The number of ether oxygens (including phenoxy) is 3. The lowest BCUT2D eigenvalue weighted by Crippen LogP contribution is -2.45. The van der Waals surface area contributed by atoms with Crippen LogP contribution in [0.2, 0.25) is 0 Å². The van der Waals surface area contributed by atoms with E-state index in [-0.39, 0.29) is 23.8 Å². The van der Waals surface area contributed by atoms with Crippen LogP contribution in [0.25, 0.3) is 0 Å². The Morgan fingerprint density at radius 1 is 1.33 bits per heavy atom. The molecule has 1 atom stereocenters. The van der Waals surface area contributed by atoms with Gasteiger partial charge < -0.3 is 24.6 Å². The van der Waals surface area contributed by atoms with Crippen LogP contribution in [-0.2, 0) is 19.0 Å². The van der Waals surface area contributed by atoms with E-state index in [0.717, 1.165) is 0 Å². The average molecular weight is 337 g/mol. The smallest absolute Gasteiger partial charge is 0.342 e. The minimum Gasteiger partial charge on any atom is -0.507 e. The standard InChI is InChI=1S/C17H23NO6/c1-16(2,3)24-14(20)12-9-11(5-6-13(12)19)18-15(21)17(22-4)7-8-23-10-17/h5-6,9,19H,7-8,10H2,1-4H3,(H,18,21). The molecule has 1 fully saturated rings. The van der Waals surface area contributed by atoms with Crippen molar-refractivity contribution in [2.24, 2.45) is 0 Å². The predicted octanol–water partition coefficient (Wildman–Crippen LogP) is 2.09. The normalized spacial score (nSPS) is 20.7. The number of benzene rings is 1. The summed E-state index contributed by atoms with van der Waals surface area (Å²) < 4.78 is 15.8. The molecule has 7 heteroatoms. The first-order chi connectivity index (χ1) is 11.2. The molecule has 0 spiro atoms. The van der Waals surface area contributed by atoms with Gasteiger partial charge in [-0.15, -0.1) is 0 Å². The number of aromatic hydroxyl groups is 1. The van der Waals surface area contributed by atoms with E-state index < -0.39 is 17.2 Å². The lowest BCUT2D eigenvalue weighted by atomic mass is 10.0. The highest BCUT2D eigenvalue weighted by Crippen LogP contribution is 2.27.